The van der Waals surface area contributed by atoms with Crippen molar-refractivity contribution in [2.24, 2.45) is 0 Å². The van der Waals surface area contributed by atoms with Crippen LogP contribution in [0.15, 0.2) is 15.8 Å². The van der Waals surface area contributed by atoms with Gasteiger partial charge in [-0.2, -0.15) is 0 Å². The highest BCUT2D eigenvalue weighted by Gasteiger charge is 2.57. The van der Waals surface area contributed by atoms with Gasteiger partial charge >= 0.3 is 5.69 Å². The predicted octanol–water partition coefficient (Wildman–Crippen LogP) is -3.58. The fourth-order valence-electron chi connectivity index (χ4n) is 2.57. The molecule has 1 aliphatic rings. The van der Waals surface area contributed by atoms with Gasteiger partial charge < -0.3 is 25.0 Å². The summed E-state index contributed by atoms with van der Waals surface area (Å²) in [6.07, 6.45) is -2.88. The number of H-pyrrole nitrogens is 2. The summed E-state index contributed by atoms with van der Waals surface area (Å²) in [5.74, 6) is -0.816. The van der Waals surface area contributed by atoms with Crippen molar-refractivity contribution < 1.29 is 28.5 Å². The Balaban J connectivity index is 2.67. The first-order chi connectivity index (χ1) is 10.1. The van der Waals surface area contributed by atoms with Gasteiger partial charge in [-0.15, -0.1) is 0 Å². The average Bonchev–Trinajstić information content (AvgIpc) is 2.62. The van der Waals surface area contributed by atoms with Crippen LogP contribution < -0.4 is 11.2 Å². The maximum Gasteiger partial charge on any atom is 0.325 e. The molecular weight excluding hydrogens is 320 g/mol. The first-order valence-corrected chi connectivity index (χ1v) is 8.32. The maximum atomic E-state index is 12.0. The monoisotopic (exact) mass is 336 g/mol. The van der Waals surface area contributed by atoms with Crippen molar-refractivity contribution in [3.63, 3.8) is 0 Å². The van der Waals surface area contributed by atoms with Crippen molar-refractivity contribution in [2.75, 3.05) is 18.6 Å². The lowest BCUT2D eigenvalue weighted by Gasteiger charge is -2.30. The highest BCUT2D eigenvalue weighted by molar-refractivity contribution is 7.90. The molecule has 0 aliphatic carbocycles. The zero-order valence-electron chi connectivity index (χ0n) is 11.5. The molecule has 1 aromatic rings. The predicted molar refractivity (Wildman–Crippen MR) is 73.0 cm³/mol. The second kappa shape index (κ2) is 5.59. The van der Waals surface area contributed by atoms with E-state index in [2.05, 4.69) is 4.98 Å². The third-order valence-corrected chi connectivity index (χ3v) is 4.43. The number of ether oxygens (including phenoxy) is 1. The van der Waals surface area contributed by atoms with Gasteiger partial charge in [-0.25, -0.2) is 13.2 Å². The van der Waals surface area contributed by atoms with E-state index < -0.39 is 57.4 Å². The molecule has 22 heavy (non-hydrogen) atoms. The minimum Gasteiger partial charge on any atom is -0.394 e. The molecule has 10 nitrogen and oxygen atoms in total. The molecule has 0 radical (unpaired) electrons. The summed E-state index contributed by atoms with van der Waals surface area (Å²) in [5, 5.41) is 29.3. The number of sulfone groups is 1. The first-order valence-electron chi connectivity index (χ1n) is 6.26. The van der Waals surface area contributed by atoms with E-state index in [-0.39, 0.29) is 5.56 Å². The van der Waals surface area contributed by atoms with Crippen LogP contribution in [0.1, 0.15) is 5.56 Å². The minimum atomic E-state index is -3.75. The van der Waals surface area contributed by atoms with Gasteiger partial charge in [-0.3, -0.25) is 9.78 Å². The fraction of sp³-hybridized carbons (Fsp3) is 0.636. The summed E-state index contributed by atoms with van der Waals surface area (Å²) in [6, 6.07) is 0. The second-order valence-corrected chi connectivity index (χ2v) is 7.36. The van der Waals surface area contributed by atoms with Crippen molar-refractivity contribution in [1.29, 1.82) is 0 Å². The average molecular weight is 336 g/mol. The Labute approximate surface area is 124 Å². The van der Waals surface area contributed by atoms with Crippen LogP contribution in [0.4, 0.5) is 0 Å². The van der Waals surface area contributed by atoms with Gasteiger partial charge in [0, 0.05) is 12.5 Å². The fourth-order valence-corrected chi connectivity index (χ4v) is 3.74. The summed E-state index contributed by atoms with van der Waals surface area (Å²) in [7, 11) is -3.75. The zero-order valence-corrected chi connectivity index (χ0v) is 12.3. The Bertz CT molecular complexity index is 769. The molecule has 11 heteroatoms. The van der Waals surface area contributed by atoms with E-state index in [1.54, 1.807) is 0 Å². The van der Waals surface area contributed by atoms with E-state index in [4.69, 9.17) is 9.84 Å². The zero-order chi connectivity index (χ0) is 16.7. The lowest BCUT2D eigenvalue weighted by molar-refractivity contribution is -0.0842. The highest BCUT2D eigenvalue weighted by Crippen LogP contribution is 2.39. The number of aromatic amines is 2. The van der Waals surface area contributed by atoms with E-state index >= 15 is 0 Å². The molecule has 0 amide bonds. The van der Waals surface area contributed by atoms with E-state index in [1.807, 2.05) is 4.98 Å². The third kappa shape index (κ3) is 2.85. The van der Waals surface area contributed by atoms with Crippen molar-refractivity contribution in [3.05, 3.63) is 32.6 Å². The number of nitrogens with one attached hydrogen (secondary N) is 2. The molecule has 0 spiro atoms. The molecule has 1 aromatic heterocycles. The third-order valence-electron chi connectivity index (χ3n) is 3.48. The normalized spacial score (nSPS) is 32.3. The Hall–Kier alpha value is -1.53. The van der Waals surface area contributed by atoms with E-state index in [0.29, 0.717) is 0 Å². The lowest BCUT2D eigenvalue weighted by atomic mass is 9.90. The second-order valence-electron chi connectivity index (χ2n) is 5.22. The molecule has 2 heterocycles. The Morgan fingerprint density at radius 1 is 1.36 bits per heavy atom. The van der Waals surface area contributed by atoms with Crippen LogP contribution in [-0.4, -0.2) is 70.6 Å². The number of hydrogen-bond donors (Lipinski definition) is 5. The molecule has 4 atom stereocenters. The van der Waals surface area contributed by atoms with Gasteiger partial charge in [0.2, 0.25) is 0 Å². The molecule has 0 aromatic carbocycles. The number of hydrogen-bond acceptors (Lipinski definition) is 8. The number of aliphatic hydroxyl groups is 3. The Morgan fingerprint density at radius 3 is 2.45 bits per heavy atom. The van der Waals surface area contributed by atoms with Crippen LogP contribution in [-0.2, 0) is 20.2 Å². The van der Waals surface area contributed by atoms with Crippen LogP contribution in [0.25, 0.3) is 0 Å². The summed E-state index contributed by atoms with van der Waals surface area (Å²) in [5.41, 5.74) is -4.25. The summed E-state index contributed by atoms with van der Waals surface area (Å²) in [4.78, 5) is 27.1. The number of aromatic nitrogens is 2. The molecule has 2 rings (SSSR count). The van der Waals surface area contributed by atoms with Gasteiger partial charge in [0.05, 0.1) is 17.9 Å². The van der Waals surface area contributed by atoms with Gasteiger partial charge in [0.25, 0.3) is 5.56 Å². The van der Waals surface area contributed by atoms with Gasteiger partial charge in [0.1, 0.15) is 23.9 Å². The van der Waals surface area contributed by atoms with Crippen molar-refractivity contribution in [2.45, 2.75) is 23.9 Å². The van der Waals surface area contributed by atoms with Crippen LogP contribution in [0.5, 0.6) is 0 Å². The summed E-state index contributed by atoms with van der Waals surface area (Å²) < 4.78 is 28.7. The van der Waals surface area contributed by atoms with Crippen LogP contribution >= 0.6 is 0 Å². The standard InChI is InChI=1S/C11H16N2O8S/c1-22(19,20)4-11(5-2-12-10(18)13-9(5)17)8(16)7(15)6(3-14)21-11/h2,6-8,14-16H,3-4H2,1H3,(H2,12,13,17,18)/t6-,7-,8-,11+/m1/s1. The first kappa shape index (κ1) is 16.8. The van der Waals surface area contributed by atoms with Gasteiger partial charge in [-0.05, 0) is 0 Å². The van der Waals surface area contributed by atoms with E-state index in [1.165, 1.54) is 0 Å². The summed E-state index contributed by atoms with van der Waals surface area (Å²) >= 11 is 0. The molecule has 0 saturated carbocycles. The minimum absolute atomic E-state index is 0.361. The summed E-state index contributed by atoms with van der Waals surface area (Å²) in [6.45, 7) is -0.689. The van der Waals surface area contributed by atoms with Crippen LogP contribution in [0.3, 0.4) is 0 Å². The SMILES string of the molecule is CS(=O)(=O)C[C@@]1(c2c[nH]c(=O)[nH]c2=O)O[C@H](CO)[C@@H](O)[C@H]1O. The van der Waals surface area contributed by atoms with E-state index in [0.717, 1.165) is 12.5 Å². The van der Waals surface area contributed by atoms with Gasteiger partial charge in [0.15, 0.2) is 9.84 Å². The molecule has 0 bridgehead atoms. The molecule has 1 fully saturated rings. The molecule has 0 unspecified atom stereocenters. The lowest BCUT2D eigenvalue weighted by Crippen LogP contribution is -2.49. The topological polar surface area (TPSA) is 170 Å². The number of aliphatic hydroxyl groups excluding tert-OH is 3. The molecular formula is C11H16N2O8S. The molecule has 1 saturated heterocycles. The Kier molecular flexibility index (Phi) is 4.28. The van der Waals surface area contributed by atoms with E-state index in [9.17, 15) is 28.2 Å². The van der Waals surface area contributed by atoms with Crippen LogP contribution in [0.2, 0.25) is 0 Å². The molecule has 1 aliphatic heterocycles. The van der Waals surface area contributed by atoms with Crippen molar-refractivity contribution >= 4 is 9.84 Å². The van der Waals surface area contributed by atoms with Gasteiger partial charge in [-0.1, -0.05) is 0 Å². The molecule has 5 N–H and O–H groups in total. The largest absolute Gasteiger partial charge is 0.394 e. The Morgan fingerprint density at radius 2 is 2.00 bits per heavy atom. The maximum absolute atomic E-state index is 12.0. The van der Waals surface area contributed by atoms with Crippen molar-refractivity contribution in [3.8, 4) is 0 Å². The quantitative estimate of drug-likeness (QED) is 0.376. The van der Waals surface area contributed by atoms with Crippen molar-refractivity contribution in [1.82, 2.24) is 9.97 Å². The highest BCUT2D eigenvalue weighted by atomic mass is 32.2. The number of rotatable bonds is 4. The smallest absolute Gasteiger partial charge is 0.325 e. The van der Waals surface area contributed by atoms with Crippen LogP contribution in [0, 0.1) is 0 Å². The molecule has 124 valence electrons.